The molecular weight excluding hydrogens is 84.0 g/mol. The van der Waals surface area contributed by atoms with E-state index in [1.54, 1.807) is 0 Å². The van der Waals surface area contributed by atoms with Gasteiger partial charge < -0.3 is 5.21 Å². The zero-order valence-electron chi connectivity index (χ0n) is 2.12. The molecule has 5 heteroatoms. The summed E-state index contributed by atoms with van der Waals surface area (Å²) in [5.41, 5.74) is 0. The maximum absolute atomic E-state index is 8.11. The summed E-state index contributed by atoms with van der Waals surface area (Å²) in [5.74, 6) is 0. The third-order valence-corrected chi connectivity index (χ3v) is 0. The number of hydrogen-bond acceptors (Lipinski definition) is 2. The van der Waals surface area contributed by atoms with Gasteiger partial charge in [-0.2, -0.15) is 0 Å². The predicted molar refractivity (Wildman–Crippen MR) is 12.6 cm³/mol. The average Bonchev–Trinajstić information content (AvgIpc) is 0.918. The van der Waals surface area contributed by atoms with Gasteiger partial charge in [-0.25, -0.2) is 0 Å². The Kier molecular flexibility index (Phi) is 1400. The Labute approximate surface area is 26.3 Å². The average molecular weight is 87.0 g/mol. The van der Waals surface area contributed by atoms with E-state index in [1.165, 1.54) is 5.34 Å². The molecule has 0 fully saturated rings. The van der Waals surface area contributed by atoms with Crippen molar-refractivity contribution in [1.82, 2.24) is 0 Å². The number of nitrogens with zero attached hydrogens (tertiary/aromatic N) is 1. The van der Waals surface area contributed by atoms with Crippen LogP contribution in [0.1, 0.15) is 0 Å². The van der Waals surface area contributed by atoms with Gasteiger partial charge in [-0.05, 0) is 0 Å². The van der Waals surface area contributed by atoms with Gasteiger partial charge in [0.2, 0.25) is 0 Å². The molecule has 0 spiro atoms. The van der Waals surface area contributed by atoms with Crippen LogP contribution in [-0.4, -0.2) is 5.21 Å². The second-order valence-corrected chi connectivity index (χ2v) is 0.0816. The topological polar surface area (TPSA) is 49.7 Å². The zero-order chi connectivity index (χ0) is 2.71. The molecule has 0 saturated carbocycles. The summed E-state index contributed by atoms with van der Waals surface area (Å²) < 4.78 is 0. The lowest BCUT2D eigenvalue weighted by Gasteiger charge is -1.32. The molecule has 0 aliphatic heterocycles. The molecule has 34 valence electrons. The normalized spacial score (nSPS) is 2.40. The van der Waals surface area contributed by atoms with Gasteiger partial charge in [0, 0.05) is 0 Å². The van der Waals surface area contributed by atoms with E-state index in [0.29, 0.717) is 0 Å². The minimum absolute atomic E-state index is 0. The summed E-state index contributed by atoms with van der Waals surface area (Å²) in [4.78, 5) is 8.11. The molecule has 0 saturated heterocycles. The first kappa shape index (κ1) is 28.5. The second kappa shape index (κ2) is 246. The van der Waals surface area contributed by atoms with Crippen LogP contribution in [0.5, 0.6) is 0 Å². The zero-order valence-corrected chi connectivity index (χ0v) is 2.12. The van der Waals surface area contributed by atoms with E-state index in [0.717, 1.165) is 0 Å². The lowest BCUT2D eigenvalue weighted by Crippen LogP contribution is -1.25. The highest BCUT2D eigenvalue weighted by atomic mass is 19.0. The van der Waals surface area contributed by atoms with E-state index in [-0.39, 0.29) is 9.41 Å². The number of hydrogen-bond donors (Lipinski definition) is 1. The standard InChI is InChI=1S/2FH.HNO2/c;;2-1-3/h2*1H;(H,2,3). The monoisotopic (exact) mass is 87.0 g/mol. The van der Waals surface area contributed by atoms with E-state index in [1.807, 2.05) is 0 Å². The van der Waals surface area contributed by atoms with Gasteiger partial charge in [-0.1, -0.05) is 0 Å². The van der Waals surface area contributed by atoms with Gasteiger partial charge in [0.15, 0.2) is 5.34 Å². The molecule has 0 rings (SSSR count). The summed E-state index contributed by atoms with van der Waals surface area (Å²) in [6.45, 7) is 0. The molecule has 0 amide bonds. The molecule has 0 aromatic heterocycles. The van der Waals surface area contributed by atoms with Crippen LogP contribution in [0.4, 0.5) is 9.41 Å². The van der Waals surface area contributed by atoms with Crippen molar-refractivity contribution >= 4 is 0 Å². The largest absolute Gasteiger partial charge is 0.379 e. The molecule has 0 aromatic rings. The lowest BCUT2D eigenvalue weighted by molar-refractivity contribution is 0.312. The van der Waals surface area contributed by atoms with Crippen molar-refractivity contribution in [3.63, 3.8) is 0 Å². The lowest BCUT2D eigenvalue weighted by atomic mass is 13.4. The second-order valence-electron chi connectivity index (χ2n) is 0.0816. The highest BCUT2D eigenvalue weighted by molar-refractivity contribution is 3.83. The quantitative estimate of drug-likeness (QED) is 0.344. The molecule has 0 aliphatic carbocycles. The maximum atomic E-state index is 8.11. The van der Waals surface area contributed by atoms with Crippen molar-refractivity contribution < 1.29 is 14.6 Å². The van der Waals surface area contributed by atoms with E-state index in [4.69, 9.17) is 10.1 Å². The molecule has 0 radical (unpaired) electrons. The Hall–Kier alpha value is -0.740. The van der Waals surface area contributed by atoms with Crippen molar-refractivity contribution in [2.75, 3.05) is 0 Å². The molecule has 0 unspecified atom stereocenters. The van der Waals surface area contributed by atoms with Crippen LogP contribution in [0.3, 0.4) is 0 Å². The van der Waals surface area contributed by atoms with Gasteiger partial charge in [0.05, 0.1) is 0 Å². The molecule has 1 N–H and O–H groups in total. The smallest absolute Gasteiger partial charge is 0.152 e. The van der Waals surface area contributed by atoms with Crippen molar-refractivity contribution in [2.24, 2.45) is 5.34 Å². The summed E-state index contributed by atoms with van der Waals surface area (Å²) in [5, 5.41) is 7.89. The fraction of sp³-hybridized carbons (Fsp3) is 0. The minimum Gasteiger partial charge on any atom is -0.379 e. The van der Waals surface area contributed by atoms with Crippen LogP contribution in [0.2, 0.25) is 0 Å². The number of rotatable bonds is 0. The van der Waals surface area contributed by atoms with Gasteiger partial charge in [-0.15, -0.1) is 4.91 Å². The summed E-state index contributed by atoms with van der Waals surface area (Å²) in [6, 6.07) is 0. The minimum atomic E-state index is 0. The molecule has 0 atom stereocenters. The van der Waals surface area contributed by atoms with Crippen molar-refractivity contribution in [3.05, 3.63) is 4.91 Å². The first-order valence-corrected chi connectivity index (χ1v) is 0.383. The summed E-state index contributed by atoms with van der Waals surface area (Å²) in [7, 11) is 0. The van der Waals surface area contributed by atoms with Gasteiger partial charge >= 0.3 is 0 Å². The third kappa shape index (κ3) is 9.45. The Morgan fingerprint density at radius 1 is 1.40 bits per heavy atom. The Morgan fingerprint density at radius 2 is 1.40 bits per heavy atom. The van der Waals surface area contributed by atoms with Crippen molar-refractivity contribution in [3.8, 4) is 0 Å². The van der Waals surface area contributed by atoms with Crippen LogP contribution >= 0.6 is 0 Å². The van der Waals surface area contributed by atoms with E-state index in [9.17, 15) is 0 Å². The molecule has 5 heavy (non-hydrogen) atoms. The van der Waals surface area contributed by atoms with Crippen LogP contribution < -0.4 is 0 Å². The van der Waals surface area contributed by atoms with Crippen molar-refractivity contribution in [2.45, 2.75) is 0 Å². The highest BCUT2D eigenvalue weighted by Crippen LogP contribution is 1.25. The fourth-order valence-electron chi connectivity index (χ4n) is 0. The van der Waals surface area contributed by atoms with Crippen LogP contribution in [0.15, 0.2) is 5.34 Å². The molecule has 0 aliphatic rings. The fourth-order valence-corrected chi connectivity index (χ4v) is 0. The van der Waals surface area contributed by atoms with Gasteiger partial charge in [-0.3, -0.25) is 9.41 Å². The number of halogens is 2. The SMILES string of the molecule is F.F.O=NO. The van der Waals surface area contributed by atoms with Crippen molar-refractivity contribution in [1.29, 1.82) is 0 Å². The Bertz CT molecular complexity index is 15.1. The maximum Gasteiger partial charge on any atom is 0.152 e. The predicted octanol–water partition coefficient (Wildman–Crippen LogP) is 0.447. The third-order valence-electron chi connectivity index (χ3n) is 0. The Morgan fingerprint density at radius 3 is 1.40 bits per heavy atom. The highest BCUT2D eigenvalue weighted by Gasteiger charge is 1.18. The molecule has 0 bridgehead atoms. The van der Waals surface area contributed by atoms with Gasteiger partial charge in [0.1, 0.15) is 0 Å². The molecular formula is H3F2NO2. The van der Waals surface area contributed by atoms with E-state index in [2.05, 4.69) is 0 Å². The molecule has 3 nitrogen and oxygen atoms in total. The summed E-state index contributed by atoms with van der Waals surface area (Å²) >= 11 is 0. The Balaban J connectivity index is -0.0000000200. The first-order chi connectivity index (χ1) is 1.41. The van der Waals surface area contributed by atoms with Crippen LogP contribution in [0, 0.1) is 4.91 Å². The summed E-state index contributed by atoms with van der Waals surface area (Å²) in [6.07, 6.45) is 0. The first-order valence-electron chi connectivity index (χ1n) is 0.383. The van der Waals surface area contributed by atoms with Gasteiger partial charge in [0.25, 0.3) is 0 Å². The molecule has 0 aromatic carbocycles. The van der Waals surface area contributed by atoms with Crippen LogP contribution in [0.25, 0.3) is 0 Å². The van der Waals surface area contributed by atoms with Crippen LogP contribution in [-0.2, 0) is 0 Å². The van der Waals surface area contributed by atoms with E-state index >= 15 is 0 Å². The molecule has 0 heterocycles. The van der Waals surface area contributed by atoms with E-state index < -0.39 is 0 Å².